The number of aromatic nitrogens is 1. The number of allylic oxidation sites excluding steroid dienone is 2. The van der Waals surface area contributed by atoms with Crippen LogP contribution in [-0.4, -0.2) is 15.6 Å². The summed E-state index contributed by atoms with van der Waals surface area (Å²) in [7, 11) is 0. The standard InChI is InChI=1S/C11H13NO3/c1-8(2)3-5-12-6-4-9(11(14)15)7-10(12)13/h3-4,6-7H,5H2,1-2H3,(H,14,15). The van der Waals surface area contributed by atoms with E-state index >= 15 is 0 Å². The van der Waals surface area contributed by atoms with Gasteiger partial charge in [0, 0.05) is 18.8 Å². The van der Waals surface area contributed by atoms with Crippen LogP contribution in [0.4, 0.5) is 0 Å². The number of hydrogen-bond acceptors (Lipinski definition) is 2. The van der Waals surface area contributed by atoms with Gasteiger partial charge in [-0.1, -0.05) is 11.6 Å². The van der Waals surface area contributed by atoms with E-state index in [1.165, 1.54) is 16.8 Å². The van der Waals surface area contributed by atoms with Crippen molar-refractivity contribution in [1.82, 2.24) is 4.57 Å². The van der Waals surface area contributed by atoms with Gasteiger partial charge in [-0.05, 0) is 19.9 Å². The Bertz CT molecular complexity index is 453. The number of carboxylic acids is 1. The summed E-state index contributed by atoms with van der Waals surface area (Å²) in [5.41, 5.74) is 0.838. The maximum atomic E-state index is 11.4. The van der Waals surface area contributed by atoms with E-state index in [1.807, 2.05) is 19.9 Å². The molecule has 0 aliphatic heterocycles. The van der Waals surface area contributed by atoms with Crippen molar-refractivity contribution in [2.45, 2.75) is 20.4 Å². The molecular formula is C11H13NO3. The van der Waals surface area contributed by atoms with E-state index in [4.69, 9.17) is 5.11 Å². The largest absolute Gasteiger partial charge is 0.478 e. The second-order valence-corrected chi connectivity index (χ2v) is 3.49. The van der Waals surface area contributed by atoms with Crippen LogP contribution in [0.25, 0.3) is 0 Å². The van der Waals surface area contributed by atoms with E-state index in [1.54, 1.807) is 0 Å². The minimum absolute atomic E-state index is 0.0217. The molecular weight excluding hydrogens is 194 g/mol. The molecule has 1 rings (SSSR count). The van der Waals surface area contributed by atoms with Crippen molar-refractivity contribution in [2.24, 2.45) is 0 Å². The third-order valence-electron chi connectivity index (χ3n) is 1.94. The smallest absolute Gasteiger partial charge is 0.335 e. The molecule has 1 aromatic heterocycles. The Balaban J connectivity index is 2.99. The predicted octanol–water partition coefficient (Wildman–Crippen LogP) is 1.51. The van der Waals surface area contributed by atoms with Crippen molar-refractivity contribution < 1.29 is 9.90 Å². The van der Waals surface area contributed by atoms with Crippen molar-refractivity contribution in [3.63, 3.8) is 0 Å². The molecule has 1 heterocycles. The molecule has 0 fully saturated rings. The molecule has 4 heteroatoms. The lowest BCUT2D eigenvalue weighted by molar-refractivity contribution is 0.0696. The van der Waals surface area contributed by atoms with Gasteiger partial charge in [0.2, 0.25) is 0 Å². The number of carbonyl (C=O) groups is 1. The van der Waals surface area contributed by atoms with Gasteiger partial charge in [0.1, 0.15) is 0 Å². The lowest BCUT2D eigenvalue weighted by Crippen LogP contribution is -2.19. The number of aromatic carboxylic acids is 1. The van der Waals surface area contributed by atoms with Crippen LogP contribution in [0.15, 0.2) is 34.8 Å². The Morgan fingerprint density at radius 2 is 2.20 bits per heavy atom. The lowest BCUT2D eigenvalue weighted by atomic mass is 10.2. The molecule has 0 radical (unpaired) electrons. The third-order valence-corrected chi connectivity index (χ3v) is 1.94. The average Bonchev–Trinajstić information content (AvgIpc) is 2.15. The van der Waals surface area contributed by atoms with Gasteiger partial charge in [0.05, 0.1) is 5.56 Å². The Kier molecular flexibility index (Phi) is 3.44. The Labute approximate surface area is 87.5 Å². The number of hydrogen-bond donors (Lipinski definition) is 1. The van der Waals surface area contributed by atoms with Gasteiger partial charge in [-0.15, -0.1) is 0 Å². The first-order valence-corrected chi connectivity index (χ1v) is 4.58. The Morgan fingerprint density at radius 3 is 2.67 bits per heavy atom. The molecule has 80 valence electrons. The molecule has 0 aromatic carbocycles. The minimum Gasteiger partial charge on any atom is -0.478 e. The monoisotopic (exact) mass is 207 g/mol. The van der Waals surface area contributed by atoms with Crippen LogP contribution < -0.4 is 5.56 Å². The topological polar surface area (TPSA) is 59.3 Å². The molecule has 0 aliphatic rings. The van der Waals surface area contributed by atoms with Crippen molar-refractivity contribution in [3.05, 3.63) is 45.9 Å². The highest BCUT2D eigenvalue weighted by Gasteiger charge is 2.03. The van der Waals surface area contributed by atoms with Crippen molar-refractivity contribution >= 4 is 5.97 Å². The number of carboxylic acid groups (broad SMARTS) is 1. The van der Waals surface area contributed by atoms with Gasteiger partial charge in [-0.25, -0.2) is 4.79 Å². The zero-order chi connectivity index (χ0) is 11.4. The molecule has 0 spiro atoms. The van der Waals surface area contributed by atoms with E-state index < -0.39 is 5.97 Å². The van der Waals surface area contributed by atoms with Crippen molar-refractivity contribution in [3.8, 4) is 0 Å². The van der Waals surface area contributed by atoms with E-state index in [2.05, 4.69) is 0 Å². The van der Waals surface area contributed by atoms with Crippen LogP contribution in [0.5, 0.6) is 0 Å². The fraction of sp³-hybridized carbons (Fsp3) is 0.273. The Hall–Kier alpha value is -1.84. The normalized spacial score (nSPS) is 9.73. The van der Waals surface area contributed by atoms with E-state index in [-0.39, 0.29) is 11.1 Å². The molecule has 4 nitrogen and oxygen atoms in total. The summed E-state index contributed by atoms with van der Waals surface area (Å²) in [6.07, 6.45) is 3.40. The zero-order valence-corrected chi connectivity index (χ0v) is 8.73. The first-order valence-electron chi connectivity index (χ1n) is 4.58. The molecule has 0 saturated carbocycles. The number of pyridine rings is 1. The van der Waals surface area contributed by atoms with Gasteiger partial charge in [-0.2, -0.15) is 0 Å². The molecule has 0 saturated heterocycles. The summed E-state index contributed by atoms with van der Waals surface area (Å²) < 4.78 is 1.46. The zero-order valence-electron chi connectivity index (χ0n) is 8.73. The van der Waals surface area contributed by atoms with Crippen molar-refractivity contribution in [2.75, 3.05) is 0 Å². The number of rotatable bonds is 3. The summed E-state index contributed by atoms with van der Waals surface area (Å²) in [5.74, 6) is -1.08. The van der Waals surface area contributed by atoms with Crippen LogP contribution in [0.3, 0.4) is 0 Å². The second-order valence-electron chi connectivity index (χ2n) is 3.49. The maximum Gasteiger partial charge on any atom is 0.335 e. The summed E-state index contributed by atoms with van der Waals surface area (Å²) >= 11 is 0. The molecule has 1 aromatic rings. The van der Waals surface area contributed by atoms with Crippen LogP contribution >= 0.6 is 0 Å². The molecule has 0 unspecified atom stereocenters. The minimum atomic E-state index is -1.08. The van der Waals surface area contributed by atoms with Crippen LogP contribution in [-0.2, 0) is 6.54 Å². The molecule has 0 amide bonds. The van der Waals surface area contributed by atoms with Gasteiger partial charge in [0.15, 0.2) is 0 Å². The lowest BCUT2D eigenvalue weighted by Gasteiger charge is -2.02. The van der Waals surface area contributed by atoms with E-state index in [0.717, 1.165) is 11.6 Å². The van der Waals surface area contributed by atoms with E-state index in [9.17, 15) is 9.59 Å². The number of nitrogens with zero attached hydrogens (tertiary/aromatic N) is 1. The highest BCUT2D eigenvalue weighted by Crippen LogP contribution is 1.96. The average molecular weight is 207 g/mol. The summed E-state index contributed by atoms with van der Waals surface area (Å²) in [4.78, 5) is 22.0. The fourth-order valence-electron chi connectivity index (χ4n) is 1.07. The SMILES string of the molecule is CC(C)=CCn1ccc(C(=O)O)cc1=O. The van der Waals surface area contributed by atoms with Crippen LogP contribution in [0.2, 0.25) is 0 Å². The van der Waals surface area contributed by atoms with E-state index in [0.29, 0.717) is 6.54 Å². The summed E-state index contributed by atoms with van der Waals surface area (Å²) in [5, 5.41) is 8.66. The highest BCUT2D eigenvalue weighted by molar-refractivity contribution is 5.87. The predicted molar refractivity (Wildman–Crippen MR) is 57.1 cm³/mol. The van der Waals surface area contributed by atoms with Crippen LogP contribution in [0.1, 0.15) is 24.2 Å². The molecule has 0 bridgehead atoms. The van der Waals surface area contributed by atoms with Gasteiger partial charge in [-0.3, -0.25) is 4.79 Å². The first-order chi connectivity index (χ1) is 7.00. The summed E-state index contributed by atoms with van der Waals surface area (Å²) in [6, 6.07) is 2.55. The fourth-order valence-corrected chi connectivity index (χ4v) is 1.07. The quantitative estimate of drug-likeness (QED) is 0.764. The van der Waals surface area contributed by atoms with Gasteiger partial charge >= 0.3 is 5.97 Å². The molecule has 15 heavy (non-hydrogen) atoms. The first kappa shape index (κ1) is 11.2. The molecule has 1 N–H and O–H groups in total. The molecule has 0 aliphatic carbocycles. The third kappa shape index (κ3) is 3.09. The summed E-state index contributed by atoms with van der Waals surface area (Å²) in [6.45, 7) is 4.36. The van der Waals surface area contributed by atoms with Crippen LogP contribution in [0, 0.1) is 0 Å². The van der Waals surface area contributed by atoms with Gasteiger partial charge in [0.25, 0.3) is 5.56 Å². The second kappa shape index (κ2) is 4.59. The highest BCUT2D eigenvalue weighted by atomic mass is 16.4. The van der Waals surface area contributed by atoms with Crippen molar-refractivity contribution in [1.29, 1.82) is 0 Å². The van der Waals surface area contributed by atoms with Gasteiger partial charge < -0.3 is 9.67 Å². The maximum absolute atomic E-state index is 11.4. The Morgan fingerprint density at radius 1 is 1.53 bits per heavy atom. The molecule has 0 atom stereocenters.